The molecule has 5 nitrogen and oxygen atoms in total. The second kappa shape index (κ2) is 13.7. The van der Waals surface area contributed by atoms with Crippen molar-refractivity contribution in [1.82, 2.24) is 10.2 Å². The third kappa shape index (κ3) is 8.39. The first kappa shape index (κ1) is 28.8. The van der Waals surface area contributed by atoms with E-state index in [4.69, 9.17) is 39.5 Å². The van der Waals surface area contributed by atoms with Gasteiger partial charge >= 0.3 is 0 Å². The smallest absolute Gasteiger partial charge is 0.261 e. The van der Waals surface area contributed by atoms with Crippen LogP contribution in [0.15, 0.2) is 66.7 Å². The highest BCUT2D eigenvalue weighted by molar-refractivity contribution is 6.42. The fraction of sp³-hybridized carbons (Fsp3) is 0.310. The monoisotopic (exact) mass is 560 g/mol. The molecule has 0 aliphatic heterocycles. The number of rotatable bonds is 11. The summed E-state index contributed by atoms with van der Waals surface area (Å²) in [4.78, 5) is 28.7. The van der Waals surface area contributed by atoms with Crippen LogP contribution in [0, 0.1) is 6.92 Å². The Morgan fingerprint density at radius 1 is 0.919 bits per heavy atom. The van der Waals surface area contributed by atoms with Gasteiger partial charge in [-0.25, -0.2) is 0 Å². The number of halogens is 3. The largest absolute Gasteiger partial charge is 0.484 e. The summed E-state index contributed by atoms with van der Waals surface area (Å²) in [5.74, 6) is -0.0405. The molecule has 0 fully saturated rings. The third-order valence-corrected chi connectivity index (χ3v) is 7.26. The van der Waals surface area contributed by atoms with Gasteiger partial charge in [-0.05, 0) is 67.3 Å². The second-order valence-electron chi connectivity index (χ2n) is 8.99. The zero-order valence-corrected chi connectivity index (χ0v) is 23.4. The van der Waals surface area contributed by atoms with Crippen molar-refractivity contribution in [2.45, 2.75) is 52.2 Å². The molecule has 0 saturated heterocycles. The summed E-state index contributed by atoms with van der Waals surface area (Å²) in [6, 6.07) is 19.2. The van der Waals surface area contributed by atoms with E-state index in [0.29, 0.717) is 27.2 Å². The molecular formula is C29H31Cl3N2O3. The van der Waals surface area contributed by atoms with Crippen molar-refractivity contribution in [2.75, 3.05) is 6.61 Å². The van der Waals surface area contributed by atoms with Crippen molar-refractivity contribution in [3.05, 3.63) is 98.5 Å². The fourth-order valence-electron chi connectivity index (χ4n) is 3.76. The van der Waals surface area contributed by atoms with Crippen molar-refractivity contribution < 1.29 is 14.3 Å². The lowest BCUT2D eigenvalue weighted by Gasteiger charge is -2.32. The number of ether oxygens (including phenoxy) is 1. The van der Waals surface area contributed by atoms with Crippen molar-refractivity contribution in [1.29, 1.82) is 0 Å². The summed E-state index contributed by atoms with van der Waals surface area (Å²) in [5.41, 5.74) is 2.53. The Bertz CT molecular complexity index is 1220. The molecular weight excluding hydrogens is 531 g/mol. The molecule has 3 rings (SSSR count). The number of nitrogens with one attached hydrogen (secondary N) is 1. The van der Waals surface area contributed by atoms with Gasteiger partial charge in [-0.15, -0.1) is 0 Å². The lowest BCUT2D eigenvalue weighted by molar-refractivity contribution is -0.143. The minimum atomic E-state index is -0.770. The van der Waals surface area contributed by atoms with Crippen molar-refractivity contribution in [3.63, 3.8) is 0 Å². The Balaban J connectivity index is 1.93. The van der Waals surface area contributed by atoms with Crippen LogP contribution in [0.5, 0.6) is 5.75 Å². The standard InChI is InChI=1S/C29H31Cl3N2O3/c1-4-20(3)33-29(36)27(16-21-8-6-5-7-9-21)34(17-22-10-12-25(31)26(32)15-22)28(35)18-37-23-11-13-24(30)19(2)14-23/h5-15,20,27H,4,16-18H2,1-3H3,(H,33,36)/t20-,27+/m0/s1. The molecule has 0 unspecified atom stereocenters. The maximum Gasteiger partial charge on any atom is 0.261 e. The van der Waals surface area contributed by atoms with E-state index in [1.54, 1.807) is 41.3 Å². The molecule has 0 heterocycles. The van der Waals surface area contributed by atoms with Crippen LogP contribution in [0.25, 0.3) is 0 Å². The minimum absolute atomic E-state index is 0.0407. The number of hydrogen-bond acceptors (Lipinski definition) is 3. The summed E-state index contributed by atoms with van der Waals surface area (Å²) in [6.07, 6.45) is 1.11. The molecule has 0 aliphatic carbocycles. The van der Waals surface area contributed by atoms with Crippen LogP contribution in [-0.2, 0) is 22.6 Å². The summed E-state index contributed by atoms with van der Waals surface area (Å²) < 4.78 is 5.82. The van der Waals surface area contributed by atoms with Crippen LogP contribution in [-0.4, -0.2) is 35.4 Å². The number of aryl methyl sites for hydroxylation is 1. The highest BCUT2D eigenvalue weighted by atomic mass is 35.5. The van der Waals surface area contributed by atoms with E-state index >= 15 is 0 Å². The Morgan fingerprint density at radius 3 is 2.27 bits per heavy atom. The van der Waals surface area contributed by atoms with Gasteiger partial charge in [-0.1, -0.05) is 78.1 Å². The first-order valence-corrected chi connectivity index (χ1v) is 13.3. The number of benzene rings is 3. The molecule has 0 aromatic heterocycles. The van der Waals surface area contributed by atoms with Crippen LogP contribution in [0.2, 0.25) is 15.1 Å². The van der Waals surface area contributed by atoms with Gasteiger partial charge in [0.25, 0.3) is 5.91 Å². The number of carbonyl (C=O) groups excluding carboxylic acids is 2. The van der Waals surface area contributed by atoms with E-state index in [-0.39, 0.29) is 31.0 Å². The molecule has 0 radical (unpaired) electrons. The first-order chi connectivity index (χ1) is 17.7. The average molecular weight is 562 g/mol. The van der Waals surface area contributed by atoms with Crippen LogP contribution in [0.1, 0.15) is 37.0 Å². The number of hydrogen-bond donors (Lipinski definition) is 1. The lowest BCUT2D eigenvalue weighted by Crippen LogP contribution is -2.53. The number of carbonyl (C=O) groups is 2. The summed E-state index contributed by atoms with van der Waals surface area (Å²) in [6.45, 7) is 5.71. The van der Waals surface area contributed by atoms with E-state index in [2.05, 4.69) is 5.32 Å². The third-order valence-electron chi connectivity index (χ3n) is 6.10. The first-order valence-electron chi connectivity index (χ1n) is 12.1. The molecule has 1 N–H and O–H groups in total. The maximum atomic E-state index is 13.7. The average Bonchev–Trinajstić information content (AvgIpc) is 2.89. The molecule has 3 aromatic rings. The number of nitrogens with zero attached hydrogens (tertiary/aromatic N) is 1. The zero-order valence-electron chi connectivity index (χ0n) is 21.1. The maximum absolute atomic E-state index is 13.7. The molecule has 0 bridgehead atoms. The van der Waals surface area contributed by atoms with Crippen molar-refractivity contribution in [2.24, 2.45) is 0 Å². The zero-order chi connectivity index (χ0) is 26.9. The SMILES string of the molecule is CC[C@H](C)NC(=O)[C@@H](Cc1ccccc1)N(Cc1ccc(Cl)c(Cl)c1)C(=O)COc1ccc(Cl)c(C)c1. The van der Waals surface area contributed by atoms with Gasteiger partial charge in [-0.2, -0.15) is 0 Å². The Labute approximate surface area is 233 Å². The van der Waals surface area contributed by atoms with Gasteiger partial charge < -0.3 is 15.0 Å². The molecule has 2 atom stereocenters. The second-order valence-corrected chi connectivity index (χ2v) is 10.2. The topological polar surface area (TPSA) is 58.6 Å². The van der Waals surface area contributed by atoms with E-state index in [0.717, 1.165) is 23.1 Å². The Hall–Kier alpha value is -2.73. The summed E-state index contributed by atoms with van der Waals surface area (Å²) in [5, 5.41) is 4.45. The van der Waals surface area contributed by atoms with Gasteiger partial charge in [0.05, 0.1) is 10.0 Å². The highest BCUT2D eigenvalue weighted by Crippen LogP contribution is 2.25. The van der Waals surface area contributed by atoms with Crippen LogP contribution < -0.4 is 10.1 Å². The highest BCUT2D eigenvalue weighted by Gasteiger charge is 2.31. The Morgan fingerprint density at radius 2 is 1.62 bits per heavy atom. The van der Waals surface area contributed by atoms with E-state index in [9.17, 15) is 9.59 Å². The molecule has 2 amide bonds. The van der Waals surface area contributed by atoms with E-state index < -0.39 is 6.04 Å². The lowest BCUT2D eigenvalue weighted by atomic mass is 10.0. The molecule has 0 spiro atoms. The minimum Gasteiger partial charge on any atom is -0.484 e. The predicted octanol–water partition coefficient (Wildman–Crippen LogP) is 6.89. The summed E-state index contributed by atoms with van der Waals surface area (Å²) in [7, 11) is 0. The van der Waals surface area contributed by atoms with Gasteiger partial charge in [0.2, 0.25) is 5.91 Å². The van der Waals surface area contributed by atoms with Crippen LogP contribution >= 0.6 is 34.8 Å². The normalized spacial score (nSPS) is 12.5. The molecule has 37 heavy (non-hydrogen) atoms. The van der Waals surface area contributed by atoms with E-state index in [1.165, 1.54) is 0 Å². The molecule has 8 heteroatoms. The predicted molar refractivity (Wildman–Crippen MR) is 151 cm³/mol. The molecule has 196 valence electrons. The van der Waals surface area contributed by atoms with Crippen LogP contribution in [0.3, 0.4) is 0 Å². The van der Waals surface area contributed by atoms with Crippen molar-refractivity contribution >= 4 is 46.6 Å². The van der Waals surface area contributed by atoms with Gasteiger partial charge in [0.1, 0.15) is 11.8 Å². The van der Waals surface area contributed by atoms with E-state index in [1.807, 2.05) is 51.1 Å². The summed E-state index contributed by atoms with van der Waals surface area (Å²) >= 11 is 18.5. The molecule has 0 saturated carbocycles. The van der Waals surface area contributed by atoms with Gasteiger partial charge in [0.15, 0.2) is 6.61 Å². The quantitative estimate of drug-likeness (QED) is 0.277. The van der Waals surface area contributed by atoms with Crippen LogP contribution in [0.4, 0.5) is 0 Å². The Kier molecular flexibility index (Phi) is 10.7. The molecule has 0 aliphatic rings. The molecule has 3 aromatic carbocycles. The fourth-order valence-corrected chi connectivity index (χ4v) is 4.20. The number of amides is 2. The van der Waals surface area contributed by atoms with Gasteiger partial charge in [-0.3, -0.25) is 9.59 Å². The van der Waals surface area contributed by atoms with Crippen molar-refractivity contribution in [3.8, 4) is 5.75 Å². The van der Waals surface area contributed by atoms with Gasteiger partial charge in [0, 0.05) is 24.0 Å².